The molecule has 0 aliphatic heterocycles. The summed E-state index contributed by atoms with van der Waals surface area (Å²) in [7, 11) is 0. The van der Waals surface area contributed by atoms with E-state index in [1.165, 1.54) is 34.2 Å². The van der Waals surface area contributed by atoms with Gasteiger partial charge in [-0.1, -0.05) is 10.3 Å². The van der Waals surface area contributed by atoms with Gasteiger partial charge in [0.25, 0.3) is 0 Å². The molecule has 0 saturated heterocycles. The Kier molecular flexibility index (Phi) is 7.76. The fraction of sp³-hybridized carbons (Fsp3) is 0.467. The Morgan fingerprint density at radius 2 is 1.28 bits per heavy atom. The molecule has 14 nitrogen and oxygen atoms in total. The molecule has 2 N–H and O–H groups in total. The van der Waals surface area contributed by atoms with Crippen LogP contribution < -0.4 is 0 Å². The molecule has 29 heavy (non-hydrogen) atoms. The standard InChI is InChI=1S/C15H20N8O6/c24-18-12(4-6-20-8-14(16-10-20)22(26)27)2-1-3-13(19-25)5-7-21-9-15(17-11-21)23(28)29/h8-11,24-25H,1-7H2/b18-12-,19-13+. The van der Waals surface area contributed by atoms with Crippen LogP contribution >= 0.6 is 0 Å². The van der Waals surface area contributed by atoms with Crippen LogP contribution in [0.15, 0.2) is 35.4 Å². The van der Waals surface area contributed by atoms with Crippen LogP contribution in [0.3, 0.4) is 0 Å². The van der Waals surface area contributed by atoms with Crippen molar-refractivity contribution in [2.75, 3.05) is 0 Å². The highest BCUT2D eigenvalue weighted by Crippen LogP contribution is 2.11. The number of hydrogen-bond acceptors (Lipinski definition) is 10. The Bertz CT molecular complexity index is 830. The first-order valence-corrected chi connectivity index (χ1v) is 8.65. The minimum Gasteiger partial charge on any atom is -0.411 e. The van der Waals surface area contributed by atoms with Gasteiger partial charge in [-0.3, -0.25) is 0 Å². The third-order valence-corrected chi connectivity index (χ3v) is 4.14. The summed E-state index contributed by atoms with van der Waals surface area (Å²) in [5.74, 6) is -0.501. The summed E-state index contributed by atoms with van der Waals surface area (Å²) in [5.41, 5.74) is 1.01. The van der Waals surface area contributed by atoms with Crippen LogP contribution in [0.4, 0.5) is 11.6 Å². The van der Waals surface area contributed by atoms with E-state index < -0.39 is 9.85 Å². The van der Waals surface area contributed by atoms with Gasteiger partial charge in [0.2, 0.25) is 12.7 Å². The second-order valence-electron chi connectivity index (χ2n) is 6.14. The molecule has 0 aromatic carbocycles. The van der Waals surface area contributed by atoms with E-state index in [0.717, 1.165) is 0 Å². The average Bonchev–Trinajstić information content (AvgIpc) is 3.36. The van der Waals surface area contributed by atoms with Gasteiger partial charge in [0.15, 0.2) is 0 Å². The molecule has 0 bridgehead atoms. The molecule has 2 rings (SSSR count). The summed E-state index contributed by atoms with van der Waals surface area (Å²) >= 11 is 0. The maximum absolute atomic E-state index is 10.6. The second kappa shape index (κ2) is 10.5. The zero-order chi connectivity index (χ0) is 21.2. The molecular formula is C15H20N8O6. The second-order valence-corrected chi connectivity index (χ2v) is 6.14. The Hall–Kier alpha value is -3.84. The summed E-state index contributed by atoms with van der Waals surface area (Å²) in [6.45, 7) is 0.751. The number of aryl methyl sites for hydroxylation is 2. The topological polar surface area (TPSA) is 187 Å². The summed E-state index contributed by atoms with van der Waals surface area (Å²) in [6.07, 6.45) is 7.49. The van der Waals surface area contributed by atoms with E-state index in [2.05, 4.69) is 20.3 Å². The molecule has 0 atom stereocenters. The van der Waals surface area contributed by atoms with Gasteiger partial charge in [-0.2, -0.15) is 0 Å². The smallest absolute Gasteiger partial charge is 0.381 e. The molecule has 0 saturated carbocycles. The molecule has 156 valence electrons. The van der Waals surface area contributed by atoms with Gasteiger partial charge in [-0.25, -0.2) is 0 Å². The van der Waals surface area contributed by atoms with Crippen LogP contribution in [0.5, 0.6) is 0 Å². The van der Waals surface area contributed by atoms with E-state index in [1.54, 1.807) is 0 Å². The van der Waals surface area contributed by atoms with E-state index in [9.17, 15) is 20.2 Å². The molecule has 2 aromatic heterocycles. The fourth-order valence-corrected chi connectivity index (χ4v) is 2.59. The van der Waals surface area contributed by atoms with Crippen molar-refractivity contribution in [3.8, 4) is 0 Å². The zero-order valence-electron chi connectivity index (χ0n) is 15.4. The molecule has 0 radical (unpaired) electrons. The van der Waals surface area contributed by atoms with Crippen molar-refractivity contribution in [2.24, 2.45) is 10.3 Å². The van der Waals surface area contributed by atoms with Gasteiger partial charge in [-0.15, -0.1) is 0 Å². The van der Waals surface area contributed by atoms with E-state index >= 15 is 0 Å². The molecule has 0 unspecified atom stereocenters. The molecule has 0 fully saturated rings. The number of oxime groups is 2. The van der Waals surface area contributed by atoms with Crippen molar-refractivity contribution in [3.63, 3.8) is 0 Å². The predicted octanol–water partition coefficient (Wildman–Crippen LogP) is 2.21. The number of aromatic nitrogens is 4. The number of nitro groups is 2. The lowest BCUT2D eigenvalue weighted by molar-refractivity contribution is -0.389. The highest BCUT2D eigenvalue weighted by molar-refractivity contribution is 5.86. The monoisotopic (exact) mass is 408 g/mol. The van der Waals surface area contributed by atoms with Gasteiger partial charge in [0.1, 0.15) is 12.4 Å². The summed E-state index contributed by atoms with van der Waals surface area (Å²) in [6, 6.07) is 0. The number of nitrogens with zero attached hydrogens (tertiary/aromatic N) is 8. The maximum atomic E-state index is 10.6. The number of rotatable bonds is 12. The van der Waals surface area contributed by atoms with E-state index in [4.69, 9.17) is 10.4 Å². The third-order valence-electron chi connectivity index (χ3n) is 4.14. The molecule has 0 aliphatic rings. The third kappa shape index (κ3) is 6.67. The summed E-state index contributed by atoms with van der Waals surface area (Å²) in [5, 5.41) is 46.0. The van der Waals surface area contributed by atoms with Crippen molar-refractivity contribution in [3.05, 3.63) is 45.3 Å². The van der Waals surface area contributed by atoms with Gasteiger partial charge >= 0.3 is 11.6 Å². The Labute approximate surface area is 164 Å². The molecule has 0 amide bonds. The van der Waals surface area contributed by atoms with Gasteiger partial charge in [-0.05, 0) is 39.1 Å². The average molecular weight is 408 g/mol. The molecule has 0 spiro atoms. The highest BCUT2D eigenvalue weighted by Gasteiger charge is 2.12. The maximum Gasteiger partial charge on any atom is 0.381 e. The summed E-state index contributed by atoms with van der Waals surface area (Å²) < 4.78 is 3.07. The molecular weight excluding hydrogens is 388 g/mol. The lowest BCUT2D eigenvalue weighted by Crippen LogP contribution is -2.08. The number of imidazole rings is 2. The first-order chi connectivity index (χ1) is 13.9. The zero-order valence-corrected chi connectivity index (χ0v) is 15.4. The first-order valence-electron chi connectivity index (χ1n) is 8.65. The SMILES string of the molecule is O=[N+]([O-])c1cn(CC/C(CCC/C(CCn2cnc([N+](=O)[O-])c2)=N\O)=N\O)cn1. The minimum atomic E-state index is -0.588. The van der Waals surface area contributed by atoms with Crippen LogP contribution in [-0.2, 0) is 13.1 Å². The van der Waals surface area contributed by atoms with Gasteiger partial charge in [0, 0.05) is 25.9 Å². The van der Waals surface area contributed by atoms with Gasteiger partial charge < -0.3 is 39.8 Å². The Balaban J connectivity index is 1.73. The van der Waals surface area contributed by atoms with Crippen molar-refractivity contribution in [1.29, 1.82) is 0 Å². The minimum absolute atomic E-state index is 0.250. The van der Waals surface area contributed by atoms with Gasteiger partial charge in [0.05, 0.1) is 11.4 Å². The largest absolute Gasteiger partial charge is 0.411 e. The summed E-state index contributed by atoms with van der Waals surface area (Å²) in [4.78, 5) is 27.4. The van der Waals surface area contributed by atoms with Crippen molar-refractivity contribution < 1.29 is 20.3 Å². The normalized spacial score (nSPS) is 12.3. The Morgan fingerprint density at radius 3 is 1.59 bits per heavy atom. The molecule has 14 heteroatoms. The van der Waals surface area contributed by atoms with Crippen LogP contribution in [0.2, 0.25) is 0 Å². The lowest BCUT2D eigenvalue weighted by atomic mass is 10.1. The van der Waals surface area contributed by atoms with Crippen LogP contribution in [0.25, 0.3) is 0 Å². The molecule has 0 aliphatic carbocycles. The van der Waals surface area contributed by atoms with Crippen LogP contribution in [0.1, 0.15) is 32.1 Å². The van der Waals surface area contributed by atoms with Crippen molar-refractivity contribution in [2.45, 2.75) is 45.2 Å². The lowest BCUT2D eigenvalue weighted by Gasteiger charge is -2.07. The quantitative estimate of drug-likeness (QED) is 0.231. The van der Waals surface area contributed by atoms with Crippen molar-refractivity contribution in [1.82, 2.24) is 19.1 Å². The highest BCUT2D eigenvalue weighted by atomic mass is 16.6. The Morgan fingerprint density at radius 1 is 0.862 bits per heavy atom. The fourth-order valence-electron chi connectivity index (χ4n) is 2.59. The predicted molar refractivity (Wildman–Crippen MR) is 99.3 cm³/mol. The van der Waals surface area contributed by atoms with E-state index in [1.807, 2.05) is 0 Å². The van der Waals surface area contributed by atoms with Crippen molar-refractivity contribution >= 4 is 23.1 Å². The van der Waals surface area contributed by atoms with E-state index in [-0.39, 0.29) is 11.6 Å². The van der Waals surface area contributed by atoms with Crippen LogP contribution in [0, 0.1) is 20.2 Å². The van der Waals surface area contributed by atoms with Crippen LogP contribution in [-0.4, -0.2) is 50.8 Å². The molecule has 2 heterocycles. The molecule has 2 aromatic rings. The first kappa shape index (κ1) is 21.5. The number of hydrogen-bond donors (Lipinski definition) is 2. The van der Waals surface area contributed by atoms with E-state index in [0.29, 0.717) is 56.6 Å².